The van der Waals surface area contributed by atoms with Gasteiger partial charge in [-0.3, -0.25) is 14.5 Å². The number of rotatable bonds is 5. The summed E-state index contributed by atoms with van der Waals surface area (Å²) in [5.74, 6) is -0.200. The van der Waals surface area contributed by atoms with Crippen LogP contribution in [-0.4, -0.2) is 54.3 Å². The summed E-state index contributed by atoms with van der Waals surface area (Å²) in [5.41, 5.74) is 6.33. The summed E-state index contributed by atoms with van der Waals surface area (Å²) in [5, 5.41) is 0. The van der Waals surface area contributed by atoms with Crippen molar-refractivity contribution in [3.8, 4) is 0 Å². The molecule has 1 heterocycles. The molecule has 120 valence electrons. The van der Waals surface area contributed by atoms with Crippen LogP contribution in [0.1, 0.15) is 31.2 Å². The van der Waals surface area contributed by atoms with Crippen molar-refractivity contribution in [3.63, 3.8) is 0 Å². The molecule has 0 radical (unpaired) electrons. The molecule has 1 aromatic rings. The molecule has 5 nitrogen and oxygen atoms in total. The molecule has 2 N–H and O–H groups in total. The molecule has 1 aliphatic heterocycles. The quantitative estimate of drug-likeness (QED) is 0.889. The lowest BCUT2D eigenvalue weighted by Crippen LogP contribution is -2.39. The second-order valence-electron chi connectivity index (χ2n) is 5.79. The summed E-state index contributed by atoms with van der Waals surface area (Å²) in [4.78, 5) is 27.8. The number of nitrogens with two attached hydrogens (primary N) is 1. The van der Waals surface area contributed by atoms with Crippen LogP contribution < -0.4 is 5.73 Å². The number of hydrogen-bond acceptors (Lipinski definition) is 3. The Hall–Kier alpha value is -1.88. The van der Waals surface area contributed by atoms with Crippen LogP contribution in [0, 0.1) is 0 Å². The van der Waals surface area contributed by atoms with Gasteiger partial charge < -0.3 is 10.6 Å². The highest BCUT2D eigenvalue weighted by Gasteiger charge is 2.26. The first-order valence-corrected chi connectivity index (χ1v) is 7.96. The molecule has 0 bridgehead atoms. The van der Waals surface area contributed by atoms with Crippen LogP contribution in [-0.2, 0) is 9.59 Å². The third kappa shape index (κ3) is 4.31. The standard InChI is InChI=1S/C17H25N3O2/c1-2-15(14-7-4-3-5-8-14)17(22)20-10-6-9-19(11-12-20)13-16(18)21/h3-5,7-8,15H,2,6,9-13H2,1H3,(H2,18,21)/t15-/m1/s1. The van der Waals surface area contributed by atoms with Gasteiger partial charge in [0.2, 0.25) is 11.8 Å². The van der Waals surface area contributed by atoms with Crippen LogP contribution in [0.2, 0.25) is 0 Å². The summed E-state index contributed by atoms with van der Waals surface area (Å²) in [7, 11) is 0. The van der Waals surface area contributed by atoms with Gasteiger partial charge in [0.15, 0.2) is 0 Å². The molecule has 1 fully saturated rings. The second-order valence-corrected chi connectivity index (χ2v) is 5.79. The van der Waals surface area contributed by atoms with E-state index in [0.29, 0.717) is 13.1 Å². The topological polar surface area (TPSA) is 66.6 Å². The van der Waals surface area contributed by atoms with Gasteiger partial charge in [0, 0.05) is 26.2 Å². The summed E-state index contributed by atoms with van der Waals surface area (Å²) < 4.78 is 0. The highest BCUT2D eigenvalue weighted by Crippen LogP contribution is 2.22. The number of benzene rings is 1. The lowest BCUT2D eigenvalue weighted by molar-refractivity contribution is -0.132. The minimum atomic E-state index is -0.310. The van der Waals surface area contributed by atoms with Crippen molar-refractivity contribution in [1.82, 2.24) is 9.80 Å². The smallest absolute Gasteiger partial charge is 0.231 e. The normalized spacial score (nSPS) is 17.8. The predicted octanol–water partition coefficient (Wildman–Crippen LogP) is 1.20. The minimum absolute atomic E-state index is 0.0797. The van der Waals surface area contributed by atoms with E-state index >= 15 is 0 Å². The maximum absolute atomic E-state index is 12.8. The van der Waals surface area contributed by atoms with Gasteiger partial charge in [-0.25, -0.2) is 0 Å². The van der Waals surface area contributed by atoms with Crippen LogP contribution >= 0.6 is 0 Å². The summed E-state index contributed by atoms with van der Waals surface area (Å²) in [6, 6.07) is 9.95. The van der Waals surface area contributed by atoms with E-state index < -0.39 is 0 Å². The molecule has 2 rings (SSSR count). The molecule has 0 aromatic heterocycles. The molecular weight excluding hydrogens is 278 g/mol. The Morgan fingerprint density at radius 3 is 2.50 bits per heavy atom. The number of carbonyl (C=O) groups excluding carboxylic acids is 2. The first kappa shape index (κ1) is 16.5. The van der Waals surface area contributed by atoms with Crippen molar-refractivity contribution in [2.24, 2.45) is 5.73 Å². The van der Waals surface area contributed by atoms with Crippen LogP contribution in [0.25, 0.3) is 0 Å². The highest BCUT2D eigenvalue weighted by molar-refractivity contribution is 5.83. The molecule has 22 heavy (non-hydrogen) atoms. The van der Waals surface area contributed by atoms with Crippen molar-refractivity contribution in [2.45, 2.75) is 25.7 Å². The van der Waals surface area contributed by atoms with E-state index in [1.807, 2.05) is 47.1 Å². The lowest BCUT2D eigenvalue weighted by atomic mass is 9.95. The maximum Gasteiger partial charge on any atom is 0.231 e. The van der Waals surface area contributed by atoms with Crippen LogP contribution in [0.15, 0.2) is 30.3 Å². The van der Waals surface area contributed by atoms with Gasteiger partial charge in [-0.2, -0.15) is 0 Å². The number of carbonyl (C=O) groups is 2. The van der Waals surface area contributed by atoms with Crippen molar-refractivity contribution in [3.05, 3.63) is 35.9 Å². The molecule has 0 unspecified atom stereocenters. The van der Waals surface area contributed by atoms with E-state index in [1.165, 1.54) is 0 Å². The Labute approximate surface area is 132 Å². The second kappa shape index (κ2) is 7.94. The average molecular weight is 303 g/mol. The van der Waals surface area contributed by atoms with Crippen molar-refractivity contribution < 1.29 is 9.59 Å². The molecule has 5 heteroatoms. The van der Waals surface area contributed by atoms with Gasteiger partial charge in [-0.05, 0) is 18.4 Å². The largest absolute Gasteiger partial charge is 0.369 e. The third-order valence-corrected chi connectivity index (χ3v) is 4.19. The van der Waals surface area contributed by atoms with E-state index in [1.54, 1.807) is 0 Å². The van der Waals surface area contributed by atoms with Gasteiger partial charge in [0.05, 0.1) is 12.5 Å². The van der Waals surface area contributed by atoms with Gasteiger partial charge in [0.1, 0.15) is 0 Å². The molecule has 1 atom stereocenters. The Kier molecular flexibility index (Phi) is 5.95. The lowest BCUT2D eigenvalue weighted by Gasteiger charge is -2.26. The van der Waals surface area contributed by atoms with Crippen LogP contribution in [0.5, 0.6) is 0 Å². The summed E-state index contributed by atoms with van der Waals surface area (Å²) >= 11 is 0. The Morgan fingerprint density at radius 2 is 1.86 bits per heavy atom. The summed E-state index contributed by atoms with van der Waals surface area (Å²) in [6.07, 6.45) is 1.68. The average Bonchev–Trinajstić information content (AvgIpc) is 2.74. The maximum atomic E-state index is 12.8. The van der Waals surface area contributed by atoms with Gasteiger partial charge in [-0.1, -0.05) is 37.3 Å². The van der Waals surface area contributed by atoms with E-state index in [-0.39, 0.29) is 24.3 Å². The van der Waals surface area contributed by atoms with E-state index in [4.69, 9.17) is 5.73 Å². The van der Waals surface area contributed by atoms with E-state index in [9.17, 15) is 9.59 Å². The van der Waals surface area contributed by atoms with E-state index in [0.717, 1.165) is 31.5 Å². The van der Waals surface area contributed by atoms with Gasteiger partial charge in [-0.15, -0.1) is 0 Å². The van der Waals surface area contributed by atoms with Crippen molar-refractivity contribution >= 4 is 11.8 Å². The predicted molar refractivity (Wildman–Crippen MR) is 86.3 cm³/mol. The zero-order valence-corrected chi connectivity index (χ0v) is 13.2. The molecule has 1 aliphatic rings. The Bertz CT molecular complexity index is 504. The molecule has 1 saturated heterocycles. The Morgan fingerprint density at radius 1 is 1.14 bits per heavy atom. The molecular formula is C17H25N3O2. The number of primary amides is 1. The molecule has 2 amide bonds. The zero-order chi connectivity index (χ0) is 15.9. The van der Waals surface area contributed by atoms with Crippen LogP contribution in [0.4, 0.5) is 0 Å². The Balaban J connectivity index is 2.01. The third-order valence-electron chi connectivity index (χ3n) is 4.19. The SMILES string of the molecule is CC[C@@H](C(=O)N1CCCN(CC(N)=O)CC1)c1ccccc1. The van der Waals surface area contributed by atoms with Crippen molar-refractivity contribution in [2.75, 3.05) is 32.7 Å². The number of hydrogen-bond donors (Lipinski definition) is 1. The minimum Gasteiger partial charge on any atom is -0.369 e. The highest BCUT2D eigenvalue weighted by atomic mass is 16.2. The van der Waals surface area contributed by atoms with Gasteiger partial charge in [0.25, 0.3) is 0 Å². The molecule has 0 saturated carbocycles. The fraction of sp³-hybridized carbons (Fsp3) is 0.529. The fourth-order valence-corrected chi connectivity index (χ4v) is 3.03. The fourth-order valence-electron chi connectivity index (χ4n) is 3.03. The first-order valence-electron chi connectivity index (χ1n) is 7.96. The van der Waals surface area contributed by atoms with Gasteiger partial charge >= 0.3 is 0 Å². The molecule has 0 aliphatic carbocycles. The van der Waals surface area contributed by atoms with Crippen LogP contribution in [0.3, 0.4) is 0 Å². The molecule has 0 spiro atoms. The zero-order valence-electron chi connectivity index (χ0n) is 13.2. The molecule has 1 aromatic carbocycles. The number of nitrogens with zero attached hydrogens (tertiary/aromatic N) is 2. The summed E-state index contributed by atoms with van der Waals surface area (Å²) in [6.45, 7) is 5.26. The number of amides is 2. The van der Waals surface area contributed by atoms with Crippen molar-refractivity contribution in [1.29, 1.82) is 0 Å². The first-order chi connectivity index (χ1) is 10.6. The van der Waals surface area contributed by atoms with E-state index in [2.05, 4.69) is 0 Å². The monoisotopic (exact) mass is 303 g/mol.